The van der Waals surface area contributed by atoms with Gasteiger partial charge in [0, 0.05) is 0 Å². The monoisotopic (exact) mass is 346 g/mol. The summed E-state index contributed by atoms with van der Waals surface area (Å²) in [7, 11) is 0. The highest BCUT2D eigenvalue weighted by Gasteiger charge is 2.30. The van der Waals surface area contributed by atoms with E-state index in [1.165, 1.54) is 6.92 Å². The summed E-state index contributed by atoms with van der Waals surface area (Å²) in [5.41, 5.74) is 5.22. The smallest absolute Gasteiger partial charge is 0.325 e. The van der Waals surface area contributed by atoms with Crippen molar-refractivity contribution < 1.29 is 29.4 Å². The van der Waals surface area contributed by atoms with Crippen molar-refractivity contribution in [2.24, 2.45) is 11.7 Å². The van der Waals surface area contributed by atoms with Crippen LogP contribution in [-0.2, 0) is 19.2 Å². The van der Waals surface area contributed by atoms with E-state index in [4.69, 9.17) is 10.8 Å². The number of hydrogen-bond acceptors (Lipinski definition) is 6. The van der Waals surface area contributed by atoms with Crippen molar-refractivity contribution in [2.75, 3.05) is 13.2 Å². The molecular weight excluding hydrogens is 320 g/mol. The molecule has 10 heteroatoms. The molecule has 3 amide bonds. The summed E-state index contributed by atoms with van der Waals surface area (Å²) in [6.45, 7) is 3.80. The zero-order chi connectivity index (χ0) is 18.9. The molecule has 0 saturated heterocycles. The van der Waals surface area contributed by atoms with E-state index in [0.717, 1.165) is 0 Å². The van der Waals surface area contributed by atoms with Crippen molar-refractivity contribution >= 4 is 23.7 Å². The van der Waals surface area contributed by atoms with Gasteiger partial charge in [-0.1, -0.05) is 20.3 Å². The number of aliphatic hydroxyl groups is 1. The van der Waals surface area contributed by atoms with Gasteiger partial charge in [-0.2, -0.15) is 0 Å². The van der Waals surface area contributed by atoms with Gasteiger partial charge in [0.2, 0.25) is 17.7 Å². The van der Waals surface area contributed by atoms with Crippen LogP contribution >= 0.6 is 0 Å². The molecule has 0 spiro atoms. The summed E-state index contributed by atoms with van der Waals surface area (Å²) >= 11 is 0. The Morgan fingerprint density at radius 2 is 1.62 bits per heavy atom. The molecule has 4 unspecified atom stereocenters. The molecule has 7 N–H and O–H groups in total. The Bertz CT molecular complexity index is 470. The fraction of sp³-hybridized carbons (Fsp3) is 0.714. The number of carboxylic acids is 1. The number of nitrogens with two attached hydrogens (primary N) is 1. The highest BCUT2D eigenvalue weighted by Crippen LogP contribution is 2.08. The van der Waals surface area contributed by atoms with E-state index in [9.17, 15) is 24.3 Å². The molecule has 4 atom stereocenters. The van der Waals surface area contributed by atoms with Crippen LogP contribution in [0.25, 0.3) is 0 Å². The molecule has 0 aliphatic carbocycles. The van der Waals surface area contributed by atoms with Crippen LogP contribution in [-0.4, -0.2) is 65.2 Å². The number of aliphatic hydroxyl groups excluding tert-OH is 1. The zero-order valence-electron chi connectivity index (χ0n) is 14.0. The van der Waals surface area contributed by atoms with E-state index in [-0.39, 0.29) is 12.5 Å². The molecule has 24 heavy (non-hydrogen) atoms. The minimum absolute atomic E-state index is 0.235. The number of carbonyl (C=O) groups is 4. The topological polar surface area (TPSA) is 171 Å². The molecule has 0 saturated carbocycles. The summed E-state index contributed by atoms with van der Waals surface area (Å²) in [4.78, 5) is 46.4. The molecule has 0 aliphatic rings. The molecule has 0 radical (unpaired) electrons. The maximum Gasteiger partial charge on any atom is 0.325 e. The van der Waals surface area contributed by atoms with Gasteiger partial charge in [-0.05, 0) is 12.8 Å². The number of amides is 3. The molecule has 138 valence electrons. The molecule has 0 aromatic heterocycles. The normalized spacial score (nSPS) is 15.5. The summed E-state index contributed by atoms with van der Waals surface area (Å²) < 4.78 is 0. The third kappa shape index (κ3) is 6.92. The number of nitrogens with one attached hydrogen (secondary N) is 3. The summed E-state index contributed by atoms with van der Waals surface area (Å²) in [6, 6.07) is -3.43. The molecule has 0 bridgehead atoms. The van der Waals surface area contributed by atoms with E-state index in [1.54, 1.807) is 6.92 Å². The van der Waals surface area contributed by atoms with Crippen LogP contribution in [0.15, 0.2) is 0 Å². The molecule has 10 nitrogen and oxygen atoms in total. The Balaban J connectivity index is 4.98. The van der Waals surface area contributed by atoms with Gasteiger partial charge in [-0.3, -0.25) is 19.2 Å². The quantitative estimate of drug-likeness (QED) is 0.255. The standard InChI is InChI=1S/C14H26N4O6/c1-4-7(2)11(18-10(20)5-15)13(22)17-9(6-19)12(21)16-8(3)14(23)24/h7-9,11,19H,4-6,15H2,1-3H3,(H,16,21)(H,17,22)(H,18,20)(H,23,24). The first-order valence-electron chi connectivity index (χ1n) is 7.61. The van der Waals surface area contributed by atoms with Gasteiger partial charge in [-0.25, -0.2) is 0 Å². The van der Waals surface area contributed by atoms with E-state index in [0.29, 0.717) is 6.42 Å². The van der Waals surface area contributed by atoms with Gasteiger partial charge in [0.1, 0.15) is 18.1 Å². The second kappa shape index (κ2) is 10.6. The first kappa shape index (κ1) is 21.8. The van der Waals surface area contributed by atoms with Crippen molar-refractivity contribution in [3.8, 4) is 0 Å². The lowest BCUT2D eigenvalue weighted by Crippen LogP contribution is -2.58. The predicted molar refractivity (Wildman–Crippen MR) is 84.7 cm³/mol. The van der Waals surface area contributed by atoms with Gasteiger partial charge in [0.05, 0.1) is 13.2 Å². The summed E-state index contributed by atoms with van der Waals surface area (Å²) in [5.74, 6) is -3.52. The van der Waals surface area contributed by atoms with Crippen molar-refractivity contribution in [3.05, 3.63) is 0 Å². The molecule has 0 heterocycles. The minimum atomic E-state index is -1.33. The average Bonchev–Trinajstić information content (AvgIpc) is 2.55. The first-order valence-corrected chi connectivity index (χ1v) is 7.61. The Morgan fingerprint density at radius 3 is 2.04 bits per heavy atom. The summed E-state index contributed by atoms with van der Waals surface area (Å²) in [5, 5.41) is 25.0. The van der Waals surface area contributed by atoms with E-state index < -0.39 is 48.4 Å². The Kier molecular flexibility index (Phi) is 9.58. The third-order valence-electron chi connectivity index (χ3n) is 3.54. The number of aliphatic carboxylic acids is 1. The first-order chi connectivity index (χ1) is 11.2. The average molecular weight is 346 g/mol. The summed E-state index contributed by atoms with van der Waals surface area (Å²) in [6.07, 6.45) is 0.578. The highest BCUT2D eigenvalue weighted by atomic mass is 16.4. The molecule has 0 aliphatic heterocycles. The van der Waals surface area contributed by atoms with Crippen molar-refractivity contribution in [1.82, 2.24) is 16.0 Å². The second-order valence-corrected chi connectivity index (χ2v) is 5.45. The van der Waals surface area contributed by atoms with Gasteiger partial charge in [0.15, 0.2) is 0 Å². The SMILES string of the molecule is CCC(C)C(NC(=O)CN)C(=O)NC(CO)C(=O)NC(C)C(=O)O. The lowest BCUT2D eigenvalue weighted by atomic mass is 9.98. The van der Waals surface area contributed by atoms with Crippen molar-refractivity contribution in [3.63, 3.8) is 0 Å². The number of carbonyl (C=O) groups excluding carboxylic acids is 3. The lowest BCUT2D eigenvalue weighted by Gasteiger charge is -2.26. The maximum atomic E-state index is 12.3. The second-order valence-electron chi connectivity index (χ2n) is 5.45. The van der Waals surface area contributed by atoms with E-state index >= 15 is 0 Å². The van der Waals surface area contributed by atoms with Crippen LogP contribution in [0.2, 0.25) is 0 Å². The van der Waals surface area contributed by atoms with Crippen LogP contribution in [0.5, 0.6) is 0 Å². The lowest BCUT2D eigenvalue weighted by molar-refractivity contribution is -0.142. The Morgan fingerprint density at radius 1 is 1.04 bits per heavy atom. The van der Waals surface area contributed by atoms with Crippen molar-refractivity contribution in [2.45, 2.75) is 45.3 Å². The van der Waals surface area contributed by atoms with Crippen LogP contribution in [0.3, 0.4) is 0 Å². The molecule has 0 fully saturated rings. The van der Waals surface area contributed by atoms with E-state index in [2.05, 4.69) is 16.0 Å². The van der Waals surface area contributed by atoms with Gasteiger partial charge in [-0.15, -0.1) is 0 Å². The Labute approximate surface area is 140 Å². The number of rotatable bonds is 10. The molecule has 0 aromatic carbocycles. The number of carboxylic acid groups (broad SMARTS) is 1. The van der Waals surface area contributed by atoms with E-state index in [1.807, 2.05) is 6.92 Å². The largest absolute Gasteiger partial charge is 0.480 e. The molecular formula is C14H26N4O6. The van der Waals surface area contributed by atoms with Gasteiger partial charge < -0.3 is 31.9 Å². The minimum Gasteiger partial charge on any atom is -0.480 e. The Hall–Kier alpha value is -2.20. The van der Waals surface area contributed by atoms with Crippen LogP contribution in [0.4, 0.5) is 0 Å². The fourth-order valence-electron chi connectivity index (χ4n) is 1.77. The van der Waals surface area contributed by atoms with Crippen LogP contribution in [0, 0.1) is 5.92 Å². The zero-order valence-corrected chi connectivity index (χ0v) is 14.0. The fourth-order valence-corrected chi connectivity index (χ4v) is 1.77. The number of hydrogen-bond donors (Lipinski definition) is 6. The molecule has 0 aromatic rings. The highest BCUT2D eigenvalue weighted by molar-refractivity contribution is 5.93. The van der Waals surface area contributed by atoms with Gasteiger partial charge in [0.25, 0.3) is 0 Å². The van der Waals surface area contributed by atoms with Crippen LogP contribution < -0.4 is 21.7 Å². The van der Waals surface area contributed by atoms with Gasteiger partial charge >= 0.3 is 5.97 Å². The maximum absolute atomic E-state index is 12.3. The molecule has 0 rings (SSSR count). The predicted octanol–water partition coefficient (Wildman–Crippen LogP) is -2.46. The van der Waals surface area contributed by atoms with Crippen molar-refractivity contribution in [1.29, 1.82) is 0 Å². The van der Waals surface area contributed by atoms with Crippen LogP contribution in [0.1, 0.15) is 27.2 Å². The third-order valence-corrected chi connectivity index (χ3v) is 3.54.